The van der Waals surface area contributed by atoms with E-state index in [0.717, 1.165) is 4.88 Å². The topological polar surface area (TPSA) is 71.1 Å². The lowest BCUT2D eigenvalue weighted by Gasteiger charge is -2.04. The van der Waals surface area contributed by atoms with Gasteiger partial charge in [-0.25, -0.2) is 4.98 Å². The molecule has 0 unspecified atom stereocenters. The van der Waals surface area contributed by atoms with Crippen molar-refractivity contribution in [3.63, 3.8) is 0 Å². The van der Waals surface area contributed by atoms with Crippen molar-refractivity contribution in [1.29, 1.82) is 0 Å². The average Bonchev–Trinajstić information content (AvgIpc) is 3.16. The molecule has 0 spiro atoms. The van der Waals surface area contributed by atoms with Gasteiger partial charge in [0.1, 0.15) is 5.82 Å². The van der Waals surface area contributed by atoms with Gasteiger partial charge in [-0.15, -0.1) is 22.7 Å². The molecule has 3 aromatic rings. The van der Waals surface area contributed by atoms with Gasteiger partial charge in [-0.05, 0) is 42.5 Å². The van der Waals surface area contributed by atoms with Crippen molar-refractivity contribution >= 4 is 67.0 Å². The van der Waals surface area contributed by atoms with E-state index in [4.69, 9.17) is 0 Å². The maximum absolute atomic E-state index is 12.4. The van der Waals surface area contributed by atoms with Crippen LogP contribution < -0.4 is 10.6 Å². The Labute approximate surface area is 152 Å². The number of thiophene rings is 2. The van der Waals surface area contributed by atoms with E-state index in [2.05, 4.69) is 34.8 Å². The lowest BCUT2D eigenvalue weighted by atomic mass is 10.1. The van der Waals surface area contributed by atoms with Crippen molar-refractivity contribution in [2.75, 3.05) is 10.6 Å². The van der Waals surface area contributed by atoms with E-state index in [1.54, 1.807) is 34.9 Å². The summed E-state index contributed by atoms with van der Waals surface area (Å²) >= 11 is 3.43. The Balaban J connectivity index is 1.82. The Morgan fingerprint density at radius 3 is 2.88 bits per heavy atom. The molecule has 0 atom stereocenters. The zero-order valence-electron chi connectivity index (χ0n) is 13.9. The molecule has 2 amide bonds. The number of carbonyl (C=O) groups excluding carboxylic acids is 2. The third kappa shape index (κ3) is 2.65. The summed E-state index contributed by atoms with van der Waals surface area (Å²) in [5.41, 5.74) is 4.32. The zero-order chi connectivity index (χ0) is 17.7. The number of aryl methyl sites for hydroxylation is 2. The van der Waals surface area contributed by atoms with E-state index in [9.17, 15) is 9.59 Å². The smallest absolute Gasteiger partial charge is 0.257 e. The van der Waals surface area contributed by atoms with Crippen molar-refractivity contribution in [1.82, 2.24) is 4.98 Å². The van der Waals surface area contributed by atoms with Gasteiger partial charge in [0.2, 0.25) is 5.91 Å². The van der Waals surface area contributed by atoms with E-state index < -0.39 is 0 Å². The van der Waals surface area contributed by atoms with Crippen molar-refractivity contribution in [2.24, 2.45) is 0 Å². The van der Waals surface area contributed by atoms with Crippen LogP contribution in [0.1, 0.15) is 28.5 Å². The fourth-order valence-corrected chi connectivity index (χ4v) is 5.48. The largest absolute Gasteiger partial charge is 0.325 e. The maximum Gasteiger partial charge on any atom is 0.257 e. The number of anilines is 2. The standard InChI is InChI=1S/C18H15N3O2S2/c1-8-7-24-18-15(8)9(2)14(25-18)5-13-12-4-11(20-10(3)22)6-19-16(12)21-17(13)23/h4-7H,1-3H3,(H,20,22)(H,19,21,23). The molecule has 0 aliphatic carbocycles. The Kier molecular flexibility index (Phi) is 3.70. The number of aromatic nitrogens is 1. The van der Waals surface area contributed by atoms with Gasteiger partial charge in [-0.1, -0.05) is 0 Å². The molecule has 126 valence electrons. The third-order valence-electron chi connectivity index (χ3n) is 4.14. The van der Waals surface area contributed by atoms with Crippen LogP contribution in [0.4, 0.5) is 11.5 Å². The summed E-state index contributed by atoms with van der Waals surface area (Å²) in [4.78, 5) is 29.0. The molecule has 0 saturated carbocycles. The molecule has 0 fully saturated rings. The van der Waals surface area contributed by atoms with Crippen LogP contribution in [0, 0.1) is 13.8 Å². The number of nitrogens with one attached hydrogen (secondary N) is 2. The van der Waals surface area contributed by atoms with Crippen LogP contribution in [-0.4, -0.2) is 16.8 Å². The third-order valence-corrected chi connectivity index (χ3v) is 6.60. The maximum atomic E-state index is 12.4. The van der Waals surface area contributed by atoms with Gasteiger partial charge in [0.05, 0.1) is 21.5 Å². The molecule has 0 bridgehead atoms. The van der Waals surface area contributed by atoms with Gasteiger partial charge >= 0.3 is 0 Å². The fourth-order valence-electron chi connectivity index (χ4n) is 2.99. The highest BCUT2D eigenvalue weighted by atomic mass is 32.2. The van der Waals surface area contributed by atoms with E-state index >= 15 is 0 Å². The number of rotatable bonds is 2. The van der Waals surface area contributed by atoms with Gasteiger partial charge in [-0.3, -0.25) is 9.59 Å². The molecule has 5 nitrogen and oxygen atoms in total. The first-order chi connectivity index (χ1) is 11.9. The molecule has 0 aromatic carbocycles. The van der Waals surface area contributed by atoms with Crippen LogP contribution in [-0.2, 0) is 9.59 Å². The van der Waals surface area contributed by atoms with Crippen molar-refractivity contribution in [3.8, 4) is 0 Å². The second kappa shape index (κ2) is 5.79. The summed E-state index contributed by atoms with van der Waals surface area (Å²) in [5.74, 6) is 0.183. The molecule has 2 N–H and O–H groups in total. The number of hydrogen-bond donors (Lipinski definition) is 2. The van der Waals surface area contributed by atoms with Crippen LogP contribution in [0.3, 0.4) is 0 Å². The first kappa shape index (κ1) is 16.0. The van der Waals surface area contributed by atoms with Gasteiger partial charge < -0.3 is 10.6 Å². The number of amides is 2. The van der Waals surface area contributed by atoms with Crippen molar-refractivity contribution < 1.29 is 9.59 Å². The summed E-state index contributed by atoms with van der Waals surface area (Å²) < 4.78 is 1.27. The van der Waals surface area contributed by atoms with Crippen LogP contribution in [0.2, 0.25) is 0 Å². The quantitative estimate of drug-likeness (QED) is 0.657. The molecule has 0 radical (unpaired) electrons. The molecule has 3 aromatic heterocycles. The molecule has 1 aliphatic heterocycles. The zero-order valence-corrected chi connectivity index (χ0v) is 15.5. The van der Waals surface area contributed by atoms with Gasteiger partial charge in [0, 0.05) is 22.8 Å². The average molecular weight is 369 g/mol. The summed E-state index contributed by atoms with van der Waals surface area (Å²) in [6, 6.07) is 1.78. The highest BCUT2D eigenvalue weighted by molar-refractivity contribution is 7.38. The van der Waals surface area contributed by atoms with E-state index in [1.165, 1.54) is 27.5 Å². The second-order valence-electron chi connectivity index (χ2n) is 5.99. The second-order valence-corrected chi connectivity index (χ2v) is 8.18. The van der Waals surface area contributed by atoms with Crippen LogP contribution in [0.5, 0.6) is 0 Å². The molecule has 7 heteroatoms. The van der Waals surface area contributed by atoms with E-state index in [0.29, 0.717) is 22.6 Å². The highest BCUT2D eigenvalue weighted by Crippen LogP contribution is 2.41. The van der Waals surface area contributed by atoms with Gasteiger partial charge in [0.15, 0.2) is 0 Å². The summed E-state index contributed by atoms with van der Waals surface area (Å²) in [5, 5.41) is 8.93. The first-order valence-electron chi connectivity index (χ1n) is 7.72. The summed E-state index contributed by atoms with van der Waals surface area (Å²) in [6.45, 7) is 5.64. The number of pyridine rings is 1. The van der Waals surface area contributed by atoms with Crippen LogP contribution >= 0.6 is 22.7 Å². The monoisotopic (exact) mass is 369 g/mol. The number of carbonyl (C=O) groups is 2. The van der Waals surface area contributed by atoms with E-state index in [-0.39, 0.29) is 11.8 Å². The number of fused-ring (bicyclic) bond motifs is 2. The molecular weight excluding hydrogens is 354 g/mol. The fraction of sp³-hybridized carbons (Fsp3) is 0.167. The molecule has 4 heterocycles. The normalized spacial score (nSPS) is 14.8. The number of hydrogen-bond acceptors (Lipinski definition) is 5. The Hall–Kier alpha value is -2.51. The first-order valence-corrected chi connectivity index (χ1v) is 9.42. The number of nitrogens with zero attached hydrogens (tertiary/aromatic N) is 1. The molecule has 25 heavy (non-hydrogen) atoms. The van der Waals surface area contributed by atoms with Gasteiger partial charge in [-0.2, -0.15) is 0 Å². The lowest BCUT2D eigenvalue weighted by molar-refractivity contribution is -0.114. The minimum Gasteiger partial charge on any atom is -0.325 e. The van der Waals surface area contributed by atoms with Crippen LogP contribution in [0.25, 0.3) is 21.0 Å². The molecule has 4 rings (SSSR count). The van der Waals surface area contributed by atoms with E-state index in [1.807, 2.05) is 6.08 Å². The molecular formula is C18H15N3O2S2. The minimum absolute atomic E-state index is 0.171. The Morgan fingerprint density at radius 1 is 1.36 bits per heavy atom. The van der Waals surface area contributed by atoms with Gasteiger partial charge in [0.25, 0.3) is 5.91 Å². The van der Waals surface area contributed by atoms with Crippen molar-refractivity contribution in [2.45, 2.75) is 20.8 Å². The van der Waals surface area contributed by atoms with Crippen molar-refractivity contribution in [3.05, 3.63) is 39.2 Å². The Morgan fingerprint density at radius 2 is 2.16 bits per heavy atom. The molecule has 0 saturated heterocycles. The SMILES string of the molecule is CC(=O)Nc1cnc2c(c1)C(=Cc1sc3scc(C)c3c1C)C(=O)N2. The lowest BCUT2D eigenvalue weighted by Crippen LogP contribution is -2.06. The van der Waals surface area contributed by atoms with Crippen LogP contribution in [0.15, 0.2) is 17.6 Å². The summed E-state index contributed by atoms with van der Waals surface area (Å²) in [7, 11) is 0. The minimum atomic E-state index is -0.172. The predicted molar refractivity (Wildman–Crippen MR) is 104 cm³/mol. The highest BCUT2D eigenvalue weighted by Gasteiger charge is 2.26. The molecule has 1 aliphatic rings. The predicted octanol–water partition coefficient (Wildman–Crippen LogP) is 4.43. The Bertz CT molecular complexity index is 1080. The summed E-state index contributed by atoms with van der Waals surface area (Å²) in [6.07, 6.45) is 3.46.